The van der Waals surface area contributed by atoms with Crippen LogP contribution in [0, 0.1) is 0 Å². The number of fused-ring (bicyclic) bond motifs is 1. The van der Waals surface area contributed by atoms with E-state index in [1.54, 1.807) is 33.2 Å². The summed E-state index contributed by atoms with van der Waals surface area (Å²) < 4.78 is 6.43. The van der Waals surface area contributed by atoms with Gasteiger partial charge in [-0.15, -0.1) is 0 Å². The first-order chi connectivity index (χ1) is 12.5. The van der Waals surface area contributed by atoms with Gasteiger partial charge in [0.2, 0.25) is 0 Å². The molecule has 0 atom stereocenters. The summed E-state index contributed by atoms with van der Waals surface area (Å²) >= 11 is 0. The number of aryl methyl sites for hydroxylation is 1. The third kappa shape index (κ3) is 3.56. The number of nitrogens with zero attached hydrogens (tertiary/aromatic N) is 3. The molecule has 0 spiro atoms. The largest absolute Gasteiger partial charge is 0.458 e. The third-order valence-corrected chi connectivity index (χ3v) is 3.76. The zero-order chi connectivity index (χ0) is 18.7. The van der Waals surface area contributed by atoms with Gasteiger partial charge >= 0.3 is 5.97 Å². The second-order valence-electron chi connectivity index (χ2n) is 6.05. The number of carbonyl (C=O) groups excluding carboxylic acids is 1. The SMILES string of the molecule is CCn1nc(C(=O)OC(C)C)cc(Nc2cncc3ccccc23)c1=O. The lowest BCUT2D eigenvalue weighted by Crippen LogP contribution is -2.27. The van der Waals surface area contributed by atoms with E-state index in [0.717, 1.165) is 10.8 Å². The van der Waals surface area contributed by atoms with E-state index in [1.165, 1.54) is 10.7 Å². The number of carbonyl (C=O) groups is 1. The monoisotopic (exact) mass is 352 g/mol. The molecule has 3 aromatic rings. The maximum atomic E-state index is 12.6. The van der Waals surface area contributed by atoms with Crippen LogP contribution in [0.3, 0.4) is 0 Å². The Morgan fingerprint density at radius 2 is 2.00 bits per heavy atom. The van der Waals surface area contributed by atoms with Crippen LogP contribution < -0.4 is 10.9 Å². The van der Waals surface area contributed by atoms with Gasteiger partial charge in [0.1, 0.15) is 5.69 Å². The zero-order valence-electron chi connectivity index (χ0n) is 14.9. The molecule has 0 aliphatic heterocycles. The molecule has 26 heavy (non-hydrogen) atoms. The standard InChI is InChI=1S/C19H20N4O3/c1-4-23-18(24)15(9-16(22-23)19(25)26-12(2)3)21-17-11-20-10-13-7-5-6-8-14(13)17/h5-12,21H,4H2,1-3H3. The predicted octanol–water partition coefficient (Wildman–Crippen LogP) is 3.12. The molecule has 7 nitrogen and oxygen atoms in total. The Balaban J connectivity index is 2.06. The molecule has 0 saturated carbocycles. The minimum atomic E-state index is -0.568. The predicted molar refractivity (Wildman–Crippen MR) is 99.7 cm³/mol. The number of hydrogen-bond acceptors (Lipinski definition) is 6. The van der Waals surface area contributed by atoms with Gasteiger partial charge in [0, 0.05) is 29.6 Å². The average molecular weight is 352 g/mol. The molecule has 2 aromatic heterocycles. The summed E-state index contributed by atoms with van der Waals surface area (Å²) in [7, 11) is 0. The van der Waals surface area contributed by atoms with Gasteiger partial charge in [-0.05, 0) is 20.8 Å². The van der Waals surface area contributed by atoms with Crippen LogP contribution in [0.5, 0.6) is 0 Å². The van der Waals surface area contributed by atoms with Crippen LogP contribution in [0.15, 0.2) is 47.5 Å². The highest BCUT2D eigenvalue weighted by molar-refractivity contribution is 5.95. The second-order valence-corrected chi connectivity index (χ2v) is 6.05. The first kappa shape index (κ1) is 17.6. The topological polar surface area (TPSA) is 86.1 Å². The molecule has 7 heteroatoms. The van der Waals surface area contributed by atoms with Gasteiger partial charge in [-0.2, -0.15) is 5.10 Å². The van der Waals surface area contributed by atoms with Gasteiger partial charge in [0.15, 0.2) is 5.69 Å². The first-order valence-electron chi connectivity index (χ1n) is 8.42. The maximum Gasteiger partial charge on any atom is 0.359 e. The normalized spacial score (nSPS) is 10.9. The molecule has 1 aromatic carbocycles. The summed E-state index contributed by atoms with van der Waals surface area (Å²) in [6.07, 6.45) is 3.12. The van der Waals surface area contributed by atoms with Crippen LogP contribution in [0.25, 0.3) is 10.8 Å². The van der Waals surface area contributed by atoms with Crippen molar-refractivity contribution in [2.75, 3.05) is 5.32 Å². The van der Waals surface area contributed by atoms with E-state index in [0.29, 0.717) is 12.2 Å². The van der Waals surface area contributed by atoms with Crippen molar-refractivity contribution in [1.82, 2.24) is 14.8 Å². The highest BCUT2D eigenvalue weighted by Crippen LogP contribution is 2.24. The number of anilines is 2. The number of hydrogen-bond donors (Lipinski definition) is 1. The average Bonchev–Trinajstić information content (AvgIpc) is 2.63. The fraction of sp³-hybridized carbons (Fsp3) is 0.263. The molecule has 2 heterocycles. The lowest BCUT2D eigenvalue weighted by molar-refractivity contribution is 0.0368. The summed E-state index contributed by atoms with van der Waals surface area (Å²) in [5.41, 5.74) is 0.685. The summed E-state index contributed by atoms with van der Waals surface area (Å²) in [5.74, 6) is -0.568. The van der Waals surface area contributed by atoms with Gasteiger partial charge in [0.05, 0.1) is 18.0 Å². The van der Waals surface area contributed by atoms with Crippen LogP contribution in [-0.4, -0.2) is 26.8 Å². The fourth-order valence-electron chi connectivity index (χ4n) is 2.58. The molecule has 0 fully saturated rings. The lowest BCUT2D eigenvalue weighted by Gasteiger charge is -2.13. The van der Waals surface area contributed by atoms with Crippen LogP contribution in [0.2, 0.25) is 0 Å². The van der Waals surface area contributed by atoms with Crippen molar-refractivity contribution in [3.05, 3.63) is 58.8 Å². The van der Waals surface area contributed by atoms with Crippen LogP contribution in [0.1, 0.15) is 31.3 Å². The van der Waals surface area contributed by atoms with E-state index in [4.69, 9.17) is 4.74 Å². The number of aromatic nitrogens is 3. The molecule has 0 aliphatic rings. The lowest BCUT2D eigenvalue weighted by atomic mass is 10.1. The number of ether oxygens (including phenoxy) is 1. The van der Waals surface area contributed by atoms with Gasteiger partial charge in [-0.1, -0.05) is 24.3 Å². The summed E-state index contributed by atoms with van der Waals surface area (Å²) in [4.78, 5) is 29.0. The Labute approximate surface area is 150 Å². The number of rotatable bonds is 5. The number of nitrogens with one attached hydrogen (secondary N) is 1. The van der Waals surface area contributed by atoms with Crippen molar-refractivity contribution in [2.45, 2.75) is 33.4 Å². The van der Waals surface area contributed by atoms with Crippen molar-refractivity contribution in [3.63, 3.8) is 0 Å². The van der Waals surface area contributed by atoms with Crippen molar-refractivity contribution in [3.8, 4) is 0 Å². The van der Waals surface area contributed by atoms with Crippen molar-refractivity contribution >= 4 is 28.1 Å². The minimum Gasteiger partial charge on any atom is -0.458 e. The number of esters is 1. The summed E-state index contributed by atoms with van der Waals surface area (Å²) in [6, 6.07) is 9.13. The maximum absolute atomic E-state index is 12.6. The van der Waals surface area contributed by atoms with Gasteiger partial charge in [-0.25, -0.2) is 9.48 Å². The molecule has 1 N–H and O–H groups in total. The van der Waals surface area contributed by atoms with E-state index in [-0.39, 0.29) is 23.0 Å². The van der Waals surface area contributed by atoms with Crippen molar-refractivity contribution in [1.29, 1.82) is 0 Å². The first-order valence-corrected chi connectivity index (χ1v) is 8.42. The molecule has 0 saturated heterocycles. The van der Waals surface area contributed by atoms with Crippen molar-refractivity contribution in [2.24, 2.45) is 0 Å². The smallest absolute Gasteiger partial charge is 0.359 e. The Bertz CT molecular complexity index is 1010. The molecule has 0 radical (unpaired) electrons. The molecule has 134 valence electrons. The van der Waals surface area contributed by atoms with E-state index < -0.39 is 5.97 Å². The molecular formula is C19H20N4O3. The number of benzene rings is 1. The zero-order valence-corrected chi connectivity index (χ0v) is 14.9. The molecular weight excluding hydrogens is 332 g/mol. The van der Waals surface area contributed by atoms with Gasteiger partial charge < -0.3 is 10.1 Å². The molecule has 3 rings (SSSR count). The van der Waals surface area contributed by atoms with Gasteiger partial charge in [0.25, 0.3) is 5.56 Å². The molecule has 0 amide bonds. The molecule has 0 aliphatic carbocycles. The molecule has 0 bridgehead atoms. The van der Waals surface area contributed by atoms with Gasteiger partial charge in [-0.3, -0.25) is 9.78 Å². The quantitative estimate of drug-likeness (QED) is 0.710. The van der Waals surface area contributed by atoms with Crippen LogP contribution >= 0.6 is 0 Å². The summed E-state index contributed by atoms with van der Waals surface area (Å²) in [5, 5.41) is 9.05. The van der Waals surface area contributed by atoms with E-state index in [9.17, 15) is 9.59 Å². The van der Waals surface area contributed by atoms with Crippen molar-refractivity contribution < 1.29 is 9.53 Å². The fourth-order valence-corrected chi connectivity index (χ4v) is 2.58. The number of pyridine rings is 1. The third-order valence-electron chi connectivity index (χ3n) is 3.76. The van der Waals surface area contributed by atoms with Crippen LogP contribution in [0.4, 0.5) is 11.4 Å². The Morgan fingerprint density at radius 1 is 1.23 bits per heavy atom. The minimum absolute atomic E-state index is 0.0795. The highest BCUT2D eigenvalue weighted by Gasteiger charge is 2.16. The van der Waals surface area contributed by atoms with Crippen LogP contribution in [-0.2, 0) is 11.3 Å². The Hall–Kier alpha value is -3.22. The Morgan fingerprint density at radius 3 is 2.73 bits per heavy atom. The van der Waals surface area contributed by atoms with E-state index in [2.05, 4.69) is 15.4 Å². The second kappa shape index (κ2) is 7.35. The molecule has 0 unspecified atom stereocenters. The Kier molecular flexibility index (Phi) is 4.97. The van der Waals surface area contributed by atoms with E-state index >= 15 is 0 Å². The summed E-state index contributed by atoms with van der Waals surface area (Å²) in [6.45, 7) is 5.64. The highest BCUT2D eigenvalue weighted by atomic mass is 16.5. The van der Waals surface area contributed by atoms with E-state index in [1.807, 2.05) is 24.3 Å².